The van der Waals surface area contributed by atoms with Gasteiger partial charge < -0.3 is 15.7 Å². The number of carbonyl (C=O) groups is 3. The minimum atomic E-state index is -1.02. The number of amides is 2. The lowest BCUT2D eigenvalue weighted by atomic mass is 10.1. The molecule has 1 atom stereocenters. The topological polar surface area (TPSA) is 101 Å². The fraction of sp³-hybridized carbons (Fsp3) is 0.308. The van der Waals surface area contributed by atoms with Gasteiger partial charge in [0.1, 0.15) is 6.04 Å². The number of carboxylic acids is 1. The minimum absolute atomic E-state index is 0.0194. The predicted molar refractivity (Wildman–Crippen MR) is 73.9 cm³/mol. The van der Waals surface area contributed by atoms with E-state index in [4.69, 9.17) is 10.8 Å². The largest absolute Gasteiger partial charge is 0.481 e. The zero-order valence-electron chi connectivity index (χ0n) is 10.5. The zero-order chi connectivity index (χ0) is 14.9. The van der Waals surface area contributed by atoms with E-state index >= 15 is 0 Å². The summed E-state index contributed by atoms with van der Waals surface area (Å²) in [5.74, 6) is -2.00. The molecule has 0 bridgehead atoms. The molecule has 1 unspecified atom stereocenters. The summed E-state index contributed by atoms with van der Waals surface area (Å²) in [5.41, 5.74) is 6.61. The number of hydrogen-bond acceptors (Lipinski definition) is 3. The molecule has 1 heterocycles. The molecule has 0 aromatic heterocycles. The Labute approximate surface area is 123 Å². The van der Waals surface area contributed by atoms with Crippen molar-refractivity contribution in [3.63, 3.8) is 0 Å². The van der Waals surface area contributed by atoms with Crippen molar-refractivity contribution in [1.29, 1.82) is 0 Å². The van der Waals surface area contributed by atoms with Gasteiger partial charge in [-0.25, -0.2) is 0 Å². The van der Waals surface area contributed by atoms with Crippen LogP contribution in [0.4, 0.5) is 0 Å². The normalized spacial score (nSPS) is 15.1. The SMILES string of the molecule is NC(=O)C(CCC(=O)O)N1Cc2cc(Br)ccc2C1=O. The van der Waals surface area contributed by atoms with E-state index in [2.05, 4.69) is 15.9 Å². The van der Waals surface area contributed by atoms with Gasteiger partial charge in [-0.3, -0.25) is 14.4 Å². The third-order valence-corrected chi connectivity index (χ3v) is 3.73. The van der Waals surface area contributed by atoms with E-state index in [-0.39, 0.29) is 25.3 Å². The van der Waals surface area contributed by atoms with Gasteiger partial charge in [-0.15, -0.1) is 0 Å². The van der Waals surface area contributed by atoms with Crippen LogP contribution in [0.2, 0.25) is 0 Å². The second kappa shape index (κ2) is 5.62. The third kappa shape index (κ3) is 2.82. The smallest absolute Gasteiger partial charge is 0.303 e. The van der Waals surface area contributed by atoms with Crippen LogP contribution in [0.25, 0.3) is 0 Å². The molecule has 0 aliphatic carbocycles. The zero-order valence-corrected chi connectivity index (χ0v) is 12.1. The molecule has 2 amide bonds. The van der Waals surface area contributed by atoms with Gasteiger partial charge >= 0.3 is 5.97 Å². The molecule has 0 saturated heterocycles. The summed E-state index contributed by atoms with van der Waals surface area (Å²) in [6, 6.07) is 4.33. The fourth-order valence-electron chi connectivity index (χ4n) is 2.28. The average Bonchev–Trinajstić information content (AvgIpc) is 2.66. The molecular formula is C13H13BrN2O4. The quantitative estimate of drug-likeness (QED) is 0.838. The first-order chi connectivity index (χ1) is 9.40. The number of aliphatic carboxylic acids is 1. The van der Waals surface area contributed by atoms with E-state index in [0.29, 0.717) is 5.56 Å². The van der Waals surface area contributed by atoms with Crippen LogP contribution in [0.3, 0.4) is 0 Å². The molecule has 2 rings (SSSR count). The summed E-state index contributed by atoms with van der Waals surface area (Å²) in [6.45, 7) is 0.265. The van der Waals surface area contributed by atoms with Crippen LogP contribution in [0.1, 0.15) is 28.8 Å². The Morgan fingerprint density at radius 3 is 2.75 bits per heavy atom. The van der Waals surface area contributed by atoms with Crippen LogP contribution in [0.5, 0.6) is 0 Å². The lowest BCUT2D eigenvalue weighted by Crippen LogP contribution is -2.45. The lowest BCUT2D eigenvalue weighted by Gasteiger charge is -2.24. The Bertz CT molecular complexity index is 588. The van der Waals surface area contributed by atoms with Gasteiger partial charge in [-0.05, 0) is 30.2 Å². The van der Waals surface area contributed by atoms with Gasteiger partial charge in [0.15, 0.2) is 0 Å². The van der Waals surface area contributed by atoms with E-state index in [1.165, 1.54) is 4.90 Å². The molecule has 106 valence electrons. The van der Waals surface area contributed by atoms with Gasteiger partial charge in [0.2, 0.25) is 5.91 Å². The van der Waals surface area contributed by atoms with Crippen molar-refractivity contribution in [3.05, 3.63) is 33.8 Å². The average molecular weight is 341 g/mol. The summed E-state index contributed by atoms with van der Waals surface area (Å²) >= 11 is 3.32. The van der Waals surface area contributed by atoms with Crippen molar-refractivity contribution in [1.82, 2.24) is 4.90 Å². The fourth-order valence-corrected chi connectivity index (χ4v) is 2.68. The van der Waals surface area contributed by atoms with Crippen LogP contribution in [-0.4, -0.2) is 33.8 Å². The highest BCUT2D eigenvalue weighted by Crippen LogP contribution is 2.28. The molecule has 6 nitrogen and oxygen atoms in total. The number of nitrogens with zero attached hydrogens (tertiary/aromatic N) is 1. The van der Waals surface area contributed by atoms with Crippen LogP contribution in [0.15, 0.2) is 22.7 Å². The maximum Gasteiger partial charge on any atom is 0.303 e. The summed E-state index contributed by atoms with van der Waals surface area (Å²) in [7, 11) is 0. The van der Waals surface area contributed by atoms with Crippen LogP contribution in [0, 0.1) is 0 Å². The van der Waals surface area contributed by atoms with Crippen molar-refractivity contribution < 1.29 is 19.5 Å². The van der Waals surface area contributed by atoms with Crippen LogP contribution < -0.4 is 5.73 Å². The highest BCUT2D eigenvalue weighted by atomic mass is 79.9. The van der Waals surface area contributed by atoms with E-state index in [0.717, 1.165) is 10.0 Å². The second-order valence-corrected chi connectivity index (χ2v) is 5.50. The monoisotopic (exact) mass is 340 g/mol. The number of halogens is 1. The molecule has 1 aromatic rings. The number of rotatable bonds is 5. The van der Waals surface area contributed by atoms with Crippen molar-refractivity contribution in [2.24, 2.45) is 5.73 Å². The molecule has 1 aromatic carbocycles. The first-order valence-corrected chi connectivity index (χ1v) is 6.80. The van der Waals surface area contributed by atoms with E-state index in [1.54, 1.807) is 12.1 Å². The molecule has 1 aliphatic heterocycles. The minimum Gasteiger partial charge on any atom is -0.481 e. The van der Waals surface area contributed by atoms with Crippen molar-refractivity contribution in [3.8, 4) is 0 Å². The van der Waals surface area contributed by atoms with Gasteiger partial charge in [-0.2, -0.15) is 0 Å². The van der Waals surface area contributed by atoms with Gasteiger partial charge in [0.25, 0.3) is 5.91 Å². The first kappa shape index (κ1) is 14.5. The Morgan fingerprint density at radius 1 is 1.45 bits per heavy atom. The van der Waals surface area contributed by atoms with E-state index in [9.17, 15) is 14.4 Å². The summed E-state index contributed by atoms with van der Waals surface area (Å²) in [4.78, 5) is 35.7. The second-order valence-electron chi connectivity index (χ2n) is 4.59. The standard InChI is InChI=1S/C13H13BrN2O4/c14-8-1-2-9-7(5-8)6-16(13(9)20)10(12(15)19)3-4-11(17)18/h1-2,5,10H,3-4,6H2,(H2,15,19)(H,17,18). The molecule has 1 aliphatic rings. The summed E-state index contributed by atoms with van der Waals surface area (Å²) in [5, 5.41) is 8.70. The van der Waals surface area contributed by atoms with Gasteiger partial charge in [0.05, 0.1) is 0 Å². The third-order valence-electron chi connectivity index (χ3n) is 3.24. The number of nitrogens with two attached hydrogens (primary N) is 1. The number of primary amides is 1. The van der Waals surface area contributed by atoms with Gasteiger partial charge in [-0.1, -0.05) is 15.9 Å². The molecule has 0 fully saturated rings. The molecule has 20 heavy (non-hydrogen) atoms. The number of carboxylic acid groups (broad SMARTS) is 1. The Morgan fingerprint density at radius 2 is 2.15 bits per heavy atom. The van der Waals surface area contributed by atoms with Crippen LogP contribution >= 0.6 is 15.9 Å². The van der Waals surface area contributed by atoms with Crippen LogP contribution in [-0.2, 0) is 16.1 Å². The summed E-state index contributed by atoms with van der Waals surface area (Å²) in [6.07, 6.45) is -0.191. The highest BCUT2D eigenvalue weighted by molar-refractivity contribution is 9.10. The van der Waals surface area contributed by atoms with Crippen molar-refractivity contribution in [2.45, 2.75) is 25.4 Å². The predicted octanol–water partition coefficient (Wildman–Crippen LogP) is 1.12. The van der Waals surface area contributed by atoms with E-state index < -0.39 is 17.9 Å². The molecule has 3 N–H and O–H groups in total. The molecular weight excluding hydrogens is 328 g/mol. The number of carbonyl (C=O) groups excluding carboxylic acids is 2. The molecule has 7 heteroatoms. The van der Waals surface area contributed by atoms with E-state index in [1.807, 2.05) is 6.07 Å². The van der Waals surface area contributed by atoms with Crippen molar-refractivity contribution in [2.75, 3.05) is 0 Å². The number of fused-ring (bicyclic) bond motifs is 1. The van der Waals surface area contributed by atoms with Gasteiger partial charge in [0, 0.05) is 23.0 Å². The Hall–Kier alpha value is -1.89. The summed E-state index contributed by atoms with van der Waals surface area (Å²) < 4.78 is 0.840. The number of hydrogen-bond donors (Lipinski definition) is 2. The Kier molecular flexibility index (Phi) is 4.08. The molecule has 0 radical (unpaired) electrons. The lowest BCUT2D eigenvalue weighted by molar-refractivity contribution is -0.137. The number of benzene rings is 1. The first-order valence-electron chi connectivity index (χ1n) is 6.00. The molecule has 0 spiro atoms. The maximum atomic E-state index is 12.3. The molecule has 0 saturated carbocycles. The highest BCUT2D eigenvalue weighted by Gasteiger charge is 2.35. The maximum absolute atomic E-state index is 12.3. The van der Waals surface area contributed by atoms with Crippen molar-refractivity contribution >= 4 is 33.7 Å². The Balaban J connectivity index is 2.22.